The van der Waals surface area contributed by atoms with Crippen LogP contribution in [0, 0.1) is 15.3 Å². The Morgan fingerprint density at radius 2 is 1.44 bits per heavy atom. The highest BCUT2D eigenvalue weighted by Crippen LogP contribution is 2.20. The van der Waals surface area contributed by atoms with Gasteiger partial charge in [-0.25, -0.2) is 0 Å². The fraction of sp³-hybridized carbons (Fsp3) is 0. The average molecular weight is 243 g/mol. The van der Waals surface area contributed by atoms with Crippen molar-refractivity contribution in [1.29, 1.82) is 0 Å². The van der Waals surface area contributed by atoms with Gasteiger partial charge in [0.1, 0.15) is 5.69 Å². The number of hydrogen-bond donors (Lipinski definition) is 0. The van der Waals surface area contributed by atoms with Crippen LogP contribution in [0.25, 0.3) is 0 Å². The van der Waals surface area contributed by atoms with Crippen LogP contribution < -0.4 is 0 Å². The summed E-state index contributed by atoms with van der Waals surface area (Å²) in [5, 5.41) is 25.9. The van der Waals surface area contributed by atoms with Crippen LogP contribution in [0.15, 0.2) is 59.7 Å². The molecule has 0 aliphatic heterocycles. The zero-order valence-corrected chi connectivity index (χ0v) is 9.26. The maximum Gasteiger partial charge on any atom is 0.269 e. The van der Waals surface area contributed by atoms with E-state index >= 15 is 0 Å². The molecule has 90 valence electrons. The molecule has 0 atom stereocenters. The van der Waals surface area contributed by atoms with Crippen molar-refractivity contribution in [3.05, 3.63) is 69.9 Å². The topological polar surface area (TPSA) is 81.6 Å². The van der Waals surface area contributed by atoms with Gasteiger partial charge >= 0.3 is 0 Å². The van der Waals surface area contributed by atoms with E-state index in [1.165, 1.54) is 24.3 Å². The molecule has 0 fully saturated rings. The standard InChI is InChI=1S/C12H9N3O3/c16-14(11-4-2-1-3-5-11)13-10-6-8-12(9-7-10)15(17)18/h1-9H. The number of nitro groups is 1. The van der Waals surface area contributed by atoms with Crippen molar-refractivity contribution in [2.75, 3.05) is 0 Å². The van der Waals surface area contributed by atoms with Gasteiger partial charge in [-0.05, 0) is 12.1 Å². The first-order valence-corrected chi connectivity index (χ1v) is 5.15. The molecule has 18 heavy (non-hydrogen) atoms. The van der Waals surface area contributed by atoms with Gasteiger partial charge in [0.15, 0.2) is 0 Å². The summed E-state index contributed by atoms with van der Waals surface area (Å²) < 4.78 is 0. The molecule has 0 bridgehead atoms. The first-order chi connectivity index (χ1) is 8.66. The Morgan fingerprint density at radius 1 is 0.833 bits per heavy atom. The van der Waals surface area contributed by atoms with E-state index in [2.05, 4.69) is 5.11 Å². The highest BCUT2D eigenvalue weighted by Gasteiger charge is 2.06. The number of azo groups is 1. The zero-order valence-electron chi connectivity index (χ0n) is 9.26. The van der Waals surface area contributed by atoms with Crippen LogP contribution >= 0.6 is 0 Å². The van der Waals surface area contributed by atoms with Crippen molar-refractivity contribution in [1.82, 2.24) is 0 Å². The zero-order chi connectivity index (χ0) is 13.0. The van der Waals surface area contributed by atoms with Crippen LogP contribution in [-0.4, -0.2) is 9.78 Å². The summed E-state index contributed by atoms with van der Waals surface area (Å²) in [6.07, 6.45) is 0. The van der Waals surface area contributed by atoms with E-state index in [1.54, 1.807) is 30.3 Å². The van der Waals surface area contributed by atoms with Gasteiger partial charge in [0.2, 0.25) is 5.69 Å². The van der Waals surface area contributed by atoms with Gasteiger partial charge in [-0.1, -0.05) is 23.1 Å². The van der Waals surface area contributed by atoms with E-state index < -0.39 is 4.92 Å². The van der Waals surface area contributed by atoms with E-state index in [0.29, 0.717) is 16.2 Å². The minimum absolute atomic E-state index is 0.0360. The van der Waals surface area contributed by atoms with E-state index in [4.69, 9.17) is 0 Å². The van der Waals surface area contributed by atoms with Crippen molar-refractivity contribution >= 4 is 17.1 Å². The Labute approximate surface area is 103 Å². The van der Waals surface area contributed by atoms with Crippen molar-refractivity contribution in [2.45, 2.75) is 0 Å². The van der Waals surface area contributed by atoms with Crippen molar-refractivity contribution in [3.63, 3.8) is 0 Å². The molecule has 0 spiro atoms. The lowest BCUT2D eigenvalue weighted by Crippen LogP contribution is -1.90. The third kappa shape index (κ3) is 2.67. The Kier molecular flexibility index (Phi) is 3.29. The Balaban J connectivity index is 2.25. The second-order valence-corrected chi connectivity index (χ2v) is 3.48. The summed E-state index contributed by atoms with van der Waals surface area (Å²) in [7, 11) is 0. The maximum atomic E-state index is 11.6. The van der Waals surface area contributed by atoms with Gasteiger partial charge in [-0.2, -0.15) is 0 Å². The lowest BCUT2D eigenvalue weighted by Gasteiger charge is -1.98. The number of non-ortho nitro benzene ring substituents is 1. The van der Waals surface area contributed by atoms with Gasteiger partial charge in [0, 0.05) is 29.4 Å². The third-order valence-corrected chi connectivity index (χ3v) is 2.24. The van der Waals surface area contributed by atoms with Crippen LogP contribution in [0.1, 0.15) is 0 Å². The smallest absolute Gasteiger partial charge is 0.269 e. The van der Waals surface area contributed by atoms with Crippen molar-refractivity contribution < 1.29 is 9.78 Å². The molecule has 6 heteroatoms. The molecule has 2 aromatic rings. The quantitative estimate of drug-likeness (QED) is 0.358. The van der Waals surface area contributed by atoms with Gasteiger partial charge in [0.05, 0.1) is 4.92 Å². The molecule has 0 radical (unpaired) electrons. The van der Waals surface area contributed by atoms with E-state index in [9.17, 15) is 15.3 Å². The first-order valence-electron chi connectivity index (χ1n) is 5.15. The fourth-order valence-corrected chi connectivity index (χ4v) is 1.36. The molecule has 2 aromatic carbocycles. The fourth-order valence-electron chi connectivity index (χ4n) is 1.36. The molecule has 2 rings (SSSR count). The minimum atomic E-state index is -0.504. The summed E-state index contributed by atoms with van der Waals surface area (Å²) in [4.78, 5) is 10.4. The minimum Gasteiger partial charge on any atom is -0.594 e. The Morgan fingerprint density at radius 3 is 2.00 bits per heavy atom. The predicted octanol–water partition coefficient (Wildman–Crippen LogP) is 3.52. The largest absolute Gasteiger partial charge is 0.594 e. The van der Waals surface area contributed by atoms with Crippen LogP contribution in [0.2, 0.25) is 0 Å². The summed E-state index contributed by atoms with van der Waals surface area (Å²) >= 11 is 0. The van der Waals surface area contributed by atoms with Crippen molar-refractivity contribution in [2.24, 2.45) is 5.11 Å². The lowest BCUT2D eigenvalue weighted by molar-refractivity contribution is -0.435. The van der Waals surface area contributed by atoms with Crippen molar-refractivity contribution in [3.8, 4) is 0 Å². The van der Waals surface area contributed by atoms with Gasteiger partial charge in [-0.15, -0.1) is 0 Å². The molecule has 0 saturated heterocycles. The number of nitrogens with zero attached hydrogens (tertiary/aromatic N) is 3. The van der Waals surface area contributed by atoms with Gasteiger partial charge in [-0.3, -0.25) is 10.1 Å². The summed E-state index contributed by atoms with van der Waals surface area (Å²) in [5.41, 5.74) is 0.724. The van der Waals surface area contributed by atoms with E-state index in [-0.39, 0.29) is 5.69 Å². The molecule has 0 aliphatic carbocycles. The number of hydrogen-bond acceptors (Lipinski definition) is 4. The second kappa shape index (κ2) is 5.05. The molecule has 0 aliphatic rings. The monoisotopic (exact) mass is 243 g/mol. The molecular weight excluding hydrogens is 234 g/mol. The van der Waals surface area contributed by atoms with Crippen LogP contribution in [0.4, 0.5) is 17.1 Å². The van der Waals surface area contributed by atoms with Crippen LogP contribution in [0.5, 0.6) is 0 Å². The van der Waals surface area contributed by atoms with Gasteiger partial charge < -0.3 is 5.21 Å². The molecule has 0 saturated carbocycles. The average Bonchev–Trinajstić information content (AvgIpc) is 2.40. The molecule has 6 nitrogen and oxygen atoms in total. The lowest BCUT2D eigenvalue weighted by atomic mass is 10.3. The van der Waals surface area contributed by atoms with Gasteiger partial charge in [0.25, 0.3) is 5.69 Å². The van der Waals surface area contributed by atoms with E-state index in [1.807, 2.05) is 0 Å². The van der Waals surface area contributed by atoms with E-state index in [0.717, 1.165) is 0 Å². The Hall–Kier alpha value is -2.76. The first kappa shape index (κ1) is 11.7. The molecule has 0 aromatic heterocycles. The second-order valence-electron chi connectivity index (χ2n) is 3.48. The number of benzene rings is 2. The summed E-state index contributed by atoms with van der Waals surface area (Å²) in [6.45, 7) is 0. The predicted molar refractivity (Wildman–Crippen MR) is 64.9 cm³/mol. The molecule has 0 heterocycles. The third-order valence-electron chi connectivity index (χ3n) is 2.24. The number of rotatable bonds is 3. The number of nitro benzene ring substituents is 1. The summed E-state index contributed by atoms with van der Waals surface area (Å²) in [5.74, 6) is 0. The molecule has 0 amide bonds. The normalized spacial score (nSPS) is 11.2. The maximum absolute atomic E-state index is 11.6. The summed E-state index contributed by atoms with van der Waals surface area (Å²) in [6, 6.07) is 14.0. The SMILES string of the molecule is O=[N+]([O-])c1ccc(N=[N+]([O-])c2ccccc2)cc1. The molecule has 0 unspecified atom stereocenters. The molecule has 0 N–H and O–H groups in total. The highest BCUT2D eigenvalue weighted by molar-refractivity contribution is 5.43. The Bertz CT molecular complexity index is 579. The van der Waals surface area contributed by atoms with Crippen LogP contribution in [-0.2, 0) is 0 Å². The van der Waals surface area contributed by atoms with Crippen LogP contribution in [0.3, 0.4) is 0 Å². The molecular formula is C12H9N3O3. The number of para-hydroxylation sites is 1. The highest BCUT2D eigenvalue weighted by atomic mass is 16.6.